The van der Waals surface area contributed by atoms with Gasteiger partial charge < -0.3 is 9.64 Å². The third-order valence-electron chi connectivity index (χ3n) is 3.47. The molecule has 0 aliphatic carbocycles. The second kappa shape index (κ2) is 7.25. The molecule has 0 aliphatic rings. The first-order chi connectivity index (χ1) is 11.2. The molecule has 0 fully saturated rings. The predicted octanol–water partition coefficient (Wildman–Crippen LogP) is 5.09. The number of halogens is 4. The quantitative estimate of drug-likeness (QED) is 0.745. The van der Waals surface area contributed by atoms with Crippen molar-refractivity contribution in [2.24, 2.45) is 0 Å². The Morgan fingerprint density at radius 2 is 1.88 bits per heavy atom. The van der Waals surface area contributed by atoms with E-state index in [4.69, 9.17) is 16.3 Å². The van der Waals surface area contributed by atoms with Gasteiger partial charge in [-0.3, -0.25) is 0 Å². The number of ether oxygens (including phenoxy) is 1. The van der Waals surface area contributed by atoms with Crippen LogP contribution in [0.4, 0.5) is 24.7 Å². The highest BCUT2D eigenvalue weighted by Gasteiger charge is 2.36. The molecular weight excluding hydrogens is 343 g/mol. The lowest BCUT2D eigenvalue weighted by atomic mass is 10.2. The van der Waals surface area contributed by atoms with Crippen LogP contribution in [-0.2, 0) is 6.18 Å². The topological polar surface area (TPSA) is 38.2 Å². The van der Waals surface area contributed by atoms with Crippen molar-refractivity contribution in [2.45, 2.75) is 32.5 Å². The first-order valence-electron chi connectivity index (χ1n) is 7.32. The van der Waals surface area contributed by atoms with Crippen molar-refractivity contribution >= 4 is 23.1 Å². The fourth-order valence-corrected chi connectivity index (χ4v) is 2.05. The average molecular weight is 360 g/mol. The predicted molar refractivity (Wildman–Crippen MR) is 86.9 cm³/mol. The van der Waals surface area contributed by atoms with E-state index in [0.29, 0.717) is 17.1 Å². The van der Waals surface area contributed by atoms with Crippen LogP contribution in [0.2, 0.25) is 5.02 Å². The molecule has 130 valence electrons. The Kier molecular flexibility index (Phi) is 5.54. The molecule has 2 aromatic rings. The standard InChI is InChI=1S/C16H17ClF3N3O/c1-4-10(2)24-15-21-9-13(16(18,19)20)14(22-15)23(3)12-7-5-11(17)6-8-12/h5-10H,4H2,1-3H3. The first kappa shape index (κ1) is 18.3. The minimum Gasteiger partial charge on any atom is -0.460 e. The number of alkyl halides is 3. The van der Waals surface area contributed by atoms with E-state index in [2.05, 4.69) is 9.97 Å². The van der Waals surface area contributed by atoms with E-state index in [1.807, 2.05) is 6.92 Å². The van der Waals surface area contributed by atoms with Crippen LogP contribution in [0, 0.1) is 0 Å². The largest absolute Gasteiger partial charge is 0.460 e. The Labute approximate surface area is 143 Å². The molecule has 0 amide bonds. The van der Waals surface area contributed by atoms with Gasteiger partial charge in [0.05, 0.1) is 6.10 Å². The van der Waals surface area contributed by atoms with Crippen molar-refractivity contribution in [1.82, 2.24) is 9.97 Å². The van der Waals surface area contributed by atoms with E-state index >= 15 is 0 Å². The van der Waals surface area contributed by atoms with E-state index in [9.17, 15) is 13.2 Å². The van der Waals surface area contributed by atoms with Crippen molar-refractivity contribution in [2.75, 3.05) is 11.9 Å². The Morgan fingerprint density at radius 3 is 2.42 bits per heavy atom. The molecule has 1 aromatic heterocycles. The second-order valence-electron chi connectivity index (χ2n) is 5.26. The normalized spacial score (nSPS) is 12.8. The van der Waals surface area contributed by atoms with Gasteiger partial charge in [0.2, 0.25) is 0 Å². The highest BCUT2D eigenvalue weighted by atomic mass is 35.5. The summed E-state index contributed by atoms with van der Waals surface area (Å²) in [5, 5.41) is 0.492. The van der Waals surface area contributed by atoms with Crippen LogP contribution in [0.3, 0.4) is 0 Å². The van der Waals surface area contributed by atoms with Gasteiger partial charge in [0.25, 0.3) is 0 Å². The summed E-state index contributed by atoms with van der Waals surface area (Å²) in [6.07, 6.45) is -3.35. The van der Waals surface area contributed by atoms with Gasteiger partial charge in [-0.15, -0.1) is 0 Å². The fraction of sp³-hybridized carbons (Fsp3) is 0.375. The highest BCUT2D eigenvalue weighted by molar-refractivity contribution is 6.30. The monoisotopic (exact) mass is 359 g/mol. The first-order valence-corrected chi connectivity index (χ1v) is 7.70. The zero-order valence-electron chi connectivity index (χ0n) is 13.4. The molecule has 2 rings (SSSR count). The SMILES string of the molecule is CCC(C)Oc1ncc(C(F)(F)F)c(N(C)c2ccc(Cl)cc2)n1. The van der Waals surface area contributed by atoms with E-state index in [1.54, 1.807) is 31.2 Å². The molecule has 1 unspecified atom stereocenters. The maximum atomic E-state index is 13.3. The lowest BCUT2D eigenvalue weighted by Crippen LogP contribution is -2.20. The summed E-state index contributed by atoms with van der Waals surface area (Å²) in [5.41, 5.74) is -0.422. The molecule has 4 nitrogen and oxygen atoms in total. The van der Waals surface area contributed by atoms with E-state index < -0.39 is 11.7 Å². The van der Waals surface area contributed by atoms with E-state index in [0.717, 1.165) is 6.20 Å². The minimum atomic E-state index is -4.58. The summed E-state index contributed by atoms with van der Waals surface area (Å²) in [6, 6.07) is 6.32. The number of hydrogen-bond donors (Lipinski definition) is 0. The van der Waals surface area contributed by atoms with Gasteiger partial charge in [-0.05, 0) is 37.6 Å². The summed E-state index contributed by atoms with van der Waals surface area (Å²) in [4.78, 5) is 8.97. The summed E-state index contributed by atoms with van der Waals surface area (Å²) < 4.78 is 45.3. The molecule has 0 spiro atoms. The van der Waals surface area contributed by atoms with Crippen molar-refractivity contribution in [3.8, 4) is 6.01 Å². The van der Waals surface area contributed by atoms with Crippen LogP contribution in [0.5, 0.6) is 6.01 Å². The molecule has 0 radical (unpaired) electrons. The molecule has 0 bridgehead atoms. The zero-order valence-corrected chi connectivity index (χ0v) is 14.2. The van der Waals surface area contributed by atoms with Crippen LogP contribution in [0.25, 0.3) is 0 Å². The van der Waals surface area contributed by atoms with Gasteiger partial charge in [0.1, 0.15) is 5.56 Å². The smallest absolute Gasteiger partial charge is 0.421 e. The van der Waals surface area contributed by atoms with Crippen molar-refractivity contribution in [3.63, 3.8) is 0 Å². The third-order valence-corrected chi connectivity index (χ3v) is 3.72. The van der Waals surface area contributed by atoms with Gasteiger partial charge in [-0.25, -0.2) is 4.98 Å². The molecule has 1 aromatic carbocycles. The van der Waals surface area contributed by atoms with Gasteiger partial charge in [-0.1, -0.05) is 18.5 Å². The number of rotatable bonds is 5. The van der Waals surface area contributed by atoms with Crippen LogP contribution in [0.1, 0.15) is 25.8 Å². The maximum Gasteiger partial charge on any atom is 0.421 e. The van der Waals surface area contributed by atoms with E-state index in [-0.39, 0.29) is 17.9 Å². The molecule has 1 atom stereocenters. The van der Waals surface area contributed by atoms with E-state index in [1.165, 1.54) is 11.9 Å². The number of anilines is 2. The van der Waals surface area contributed by atoms with Crippen molar-refractivity contribution in [3.05, 3.63) is 41.0 Å². The molecule has 0 saturated heterocycles. The summed E-state index contributed by atoms with van der Waals surface area (Å²) >= 11 is 5.82. The van der Waals surface area contributed by atoms with Crippen LogP contribution >= 0.6 is 11.6 Å². The van der Waals surface area contributed by atoms with Gasteiger partial charge in [0.15, 0.2) is 5.82 Å². The maximum absolute atomic E-state index is 13.3. The third kappa shape index (κ3) is 4.29. The summed E-state index contributed by atoms with van der Waals surface area (Å²) in [5.74, 6) is -0.280. The molecular formula is C16H17ClF3N3O. The number of hydrogen-bond acceptors (Lipinski definition) is 4. The molecule has 1 heterocycles. The molecule has 24 heavy (non-hydrogen) atoms. The molecule has 0 N–H and O–H groups in total. The van der Waals surface area contributed by atoms with Gasteiger partial charge in [0, 0.05) is 24.0 Å². The Bertz CT molecular complexity index is 692. The van der Waals surface area contributed by atoms with Gasteiger partial charge in [-0.2, -0.15) is 18.2 Å². The van der Waals surface area contributed by atoms with Crippen LogP contribution in [-0.4, -0.2) is 23.1 Å². The zero-order chi connectivity index (χ0) is 17.9. The average Bonchev–Trinajstić information content (AvgIpc) is 2.53. The van der Waals surface area contributed by atoms with Crippen LogP contribution < -0.4 is 9.64 Å². The summed E-state index contributed by atoms with van der Waals surface area (Å²) in [6.45, 7) is 3.69. The molecule has 0 aliphatic heterocycles. The Hall–Kier alpha value is -2.02. The number of aromatic nitrogens is 2. The number of benzene rings is 1. The van der Waals surface area contributed by atoms with Crippen molar-refractivity contribution < 1.29 is 17.9 Å². The highest BCUT2D eigenvalue weighted by Crippen LogP contribution is 2.37. The molecule has 8 heteroatoms. The van der Waals surface area contributed by atoms with Crippen molar-refractivity contribution in [1.29, 1.82) is 0 Å². The number of nitrogens with zero attached hydrogens (tertiary/aromatic N) is 3. The fourth-order valence-electron chi connectivity index (χ4n) is 1.92. The Balaban J connectivity index is 2.46. The van der Waals surface area contributed by atoms with Crippen LogP contribution in [0.15, 0.2) is 30.5 Å². The van der Waals surface area contributed by atoms with Gasteiger partial charge >= 0.3 is 12.2 Å². The minimum absolute atomic E-state index is 0.0897. The second-order valence-corrected chi connectivity index (χ2v) is 5.70. The lowest BCUT2D eigenvalue weighted by molar-refractivity contribution is -0.137. The Morgan fingerprint density at radius 1 is 1.25 bits per heavy atom. The summed E-state index contributed by atoms with van der Waals surface area (Å²) in [7, 11) is 1.49. The lowest BCUT2D eigenvalue weighted by Gasteiger charge is -2.23. The molecule has 0 saturated carbocycles.